The molecular weight excluding hydrogens is 409 g/mol. The molecule has 0 bridgehead atoms. The van der Waals surface area contributed by atoms with Gasteiger partial charge in [0.15, 0.2) is 5.78 Å². The van der Waals surface area contributed by atoms with Crippen LogP contribution in [0.25, 0.3) is 0 Å². The highest BCUT2D eigenvalue weighted by Gasteiger charge is 2.28. The molecule has 1 fully saturated rings. The maximum Gasteiger partial charge on any atom is 0.330 e. The topological polar surface area (TPSA) is 72.5 Å². The summed E-state index contributed by atoms with van der Waals surface area (Å²) in [6, 6.07) is 4.01. The van der Waals surface area contributed by atoms with Crippen molar-refractivity contribution in [3.63, 3.8) is 0 Å². The van der Waals surface area contributed by atoms with Gasteiger partial charge in [-0.2, -0.15) is 0 Å². The second-order valence-electron chi connectivity index (χ2n) is 5.11. The lowest BCUT2D eigenvalue weighted by Gasteiger charge is -2.11. The van der Waals surface area contributed by atoms with E-state index in [-0.39, 0.29) is 17.2 Å². The van der Waals surface area contributed by atoms with Gasteiger partial charge in [-0.3, -0.25) is 9.59 Å². The Labute approximate surface area is 151 Å². The summed E-state index contributed by atoms with van der Waals surface area (Å²) in [6.45, 7) is 0.727. The third kappa shape index (κ3) is 5.01. The molecule has 124 valence electrons. The zero-order valence-corrected chi connectivity index (χ0v) is 15.1. The Morgan fingerprint density at radius 3 is 2.65 bits per heavy atom. The van der Waals surface area contributed by atoms with E-state index in [1.807, 2.05) is 0 Å². The summed E-state index contributed by atoms with van der Waals surface area (Å²) in [5.74, 6) is -1.69. The molecule has 1 aliphatic heterocycles. The van der Waals surface area contributed by atoms with Gasteiger partial charge >= 0.3 is 11.9 Å². The highest BCUT2D eigenvalue weighted by Crippen LogP contribution is 2.24. The van der Waals surface area contributed by atoms with Gasteiger partial charge in [-0.15, -0.1) is 0 Å². The molecule has 2 rings (SSSR count). The minimum absolute atomic E-state index is 0.252. The minimum Gasteiger partial charge on any atom is -0.392 e. The summed E-state index contributed by atoms with van der Waals surface area (Å²) in [5, 5.41) is 3.53. The Kier molecular flexibility index (Phi) is 6.59. The van der Waals surface area contributed by atoms with Crippen molar-refractivity contribution in [3.05, 3.63) is 33.8 Å². The summed E-state index contributed by atoms with van der Waals surface area (Å²) in [6.07, 6.45) is 1.26. The number of carbonyl (C=O) groups is 3. The molecule has 8 heteroatoms. The van der Waals surface area contributed by atoms with Crippen LogP contribution in [0.1, 0.15) is 29.6 Å². The van der Waals surface area contributed by atoms with Crippen LogP contribution in [0, 0.1) is 0 Å². The van der Waals surface area contributed by atoms with Gasteiger partial charge in [-0.1, -0.05) is 39.1 Å². The van der Waals surface area contributed by atoms with Crippen LogP contribution in [0.3, 0.4) is 0 Å². The van der Waals surface area contributed by atoms with E-state index in [4.69, 9.17) is 27.9 Å². The van der Waals surface area contributed by atoms with Crippen LogP contribution in [0.5, 0.6) is 0 Å². The number of ether oxygens (including phenoxy) is 1. The second-order valence-corrected chi connectivity index (χ2v) is 7.03. The number of hydrogen-bond donors (Lipinski definition) is 1. The van der Waals surface area contributed by atoms with E-state index in [0.717, 1.165) is 13.0 Å². The number of carbonyl (C=O) groups excluding carboxylic acids is 3. The van der Waals surface area contributed by atoms with Crippen LogP contribution >= 0.6 is 39.1 Å². The van der Waals surface area contributed by atoms with E-state index < -0.39 is 22.8 Å². The highest BCUT2D eigenvalue weighted by atomic mass is 79.9. The summed E-state index contributed by atoms with van der Waals surface area (Å²) in [7, 11) is 0. The van der Waals surface area contributed by atoms with Gasteiger partial charge in [0.25, 0.3) is 0 Å². The molecule has 0 radical (unpaired) electrons. The Morgan fingerprint density at radius 2 is 2.04 bits per heavy atom. The smallest absolute Gasteiger partial charge is 0.330 e. The fraction of sp³-hybridized carbons (Fsp3) is 0.400. The van der Waals surface area contributed by atoms with E-state index in [0.29, 0.717) is 17.0 Å². The van der Waals surface area contributed by atoms with Crippen molar-refractivity contribution in [1.82, 2.24) is 5.32 Å². The van der Waals surface area contributed by atoms with Crippen LogP contribution in [-0.4, -0.2) is 35.1 Å². The van der Waals surface area contributed by atoms with Gasteiger partial charge in [0.2, 0.25) is 0 Å². The number of esters is 2. The molecule has 0 spiro atoms. The summed E-state index contributed by atoms with van der Waals surface area (Å²) < 4.78 is 4.76. The number of halogens is 3. The Morgan fingerprint density at radius 1 is 1.30 bits per heavy atom. The first-order valence-electron chi connectivity index (χ1n) is 6.99. The van der Waals surface area contributed by atoms with Crippen molar-refractivity contribution in [2.75, 3.05) is 6.54 Å². The van der Waals surface area contributed by atoms with Crippen molar-refractivity contribution < 1.29 is 19.1 Å². The average molecular weight is 423 g/mol. The molecule has 1 unspecified atom stereocenters. The lowest BCUT2D eigenvalue weighted by Crippen LogP contribution is -2.34. The predicted octanol–water partition coefficient (Wildman–Crippen LogP) is 3.15. The first-order chi connectivity index (χ1) is 10.9. The number of nitrogens with one attached hydrogen (secondary N) is 1. The maximum atomic E-state index is 12.2. The van der Waals surface area contributed by atoms with E-state index in [1.54, 1.807) is 0 Å². The zero-order chi connectivity index (χ0) is 17.0. The van der Waals surface area contributed by atoms with E-state index >= 15 is 0 Å². The molecule has 1 saturated heterocycles. The summed E-state index contributed by atoms with van der Waals surface area (Å²) >= 11 is 14.8. The molecule has 1 aromatic rings. The molecular formula is C15H14BrCl2NO4. The third-order valence-electron chi connectivity index (χ3n) is 3.39. The van der Waals surface area contributed by atoms with Crippen molar-refractivity contribution in [2.45, 2.75) is 30.1 Å². The third-order valence-corrected chi connectivity index (χ3v) is 4.87. The average Bonchev–Trinajstić information content (AvgIpc) is 3.03. The van der Waals surface area contributed by atoms with Crippen molar-refractivity contribution >= 4 is 56.9 Å². The maximum absolute atomic E-state index is 12.2. The number of Topliss-reactive ketones (excluding diaryl/α,β-unsaturated/α-hetero) is 1. The normalized spacial score (nSPS) is 18.5. The number of benzene rings is 1. The Hall–Kier alpha value is -0.950. The second kappa shape index (κ2) is 8.24. The first-order valence-corrected chi connectivity index (χ1v) is 8.67. The molecule has 0 aliphatic carbocycles. The first kappa shape index (κ1) is 18.4. The van der Waals surface area contributed by atoms with Crippen molar-refractivity contribution in [2.24, 2.45) is 0 Å². The van der Waals surface area contributed by atoms with E-state index in [1.165, 1.54) is 18.2 Å². The van der Waals surface area contributed by atoms with Gasteiger partial charge in [0.05, 0.1) is 21.3 Å². The Balaban J connectivity index is 1.90. The van der Waals surface area contributed by atoms with Crippen LogP contribution in [0.4, 0.5) is 0 Å². The zero-order valence-electron chi connectivity index (χ0n) is 12.0. The molecule has 1 aliphatic rings. The van der Waals surface area contributed by atoms with Crippen molar-refractivity contribution in [3.8, 4) is 0 Å². The lowest BCUT2D eigenvalue weighted by molar-refractivity contribution is -0.160. The van der Waals surface area contributed by atoms with Crippen LogP contribution < -0.4 is 5.32 Å². The monoisotopic (exact) mass is 421 g/mol. The standard InChI is InChI=1S/C15H14BrCl2NO4/c16-9(14(21)8-3-4-10(17)11(18)6-8)7-13(20)23-15(22)12-2-1-5-19-12/h3-4,6,9,12,19H,1-2,5,7H2/t9?,12-/m0/s1. The number of rotatable bonds is 5. The van der Waals surface area contributed by atoms with Gasteiger partial charge in [0, 0.05) is 5.56 Å². The van der Waals surface area contributed by atoms with Crippen LogP contribution in [-0.2, 0) is 14.3 Å². The molecule has 23 heavy (non-hydrogen) atoms. The quantitative estimate of drug-likeness (QED) is 0.341. The van der Waals surface area contributed by atoms with Crippen LogP contribution in [0.2, 0.25) is 10.0 Å². The summed E-state index contributed by atoms with van der Waals surface area (Å²) in [4.78, 5) is 34.9. The fourth-order valence-corrected chi connectivity index (χ4v) is 3.01. The predicted molar refractivity (Wildman–Crippen MR) is 90.2 cm³/mol. The van der Waals surface area contributed by atoms with Gasteiger partial charge in [-0.05, 0) is 37.6 Å². The van der Waals surface area contributed by atoms with E-state index in [9.17, 15) is 14.4 Å². The van der Waals surface area contributed by atoms with E-state index in [2.05, 4.69) is 21.2 Å². The molecule has 0 saturated carbocycles. The highest BCUT2D eigenvalue weighted by molar-refractivity contribution is 9.10. The molecule has 1 aromatic carbocycles. The fourth-order valence-electron chi connectivity index (χ4n) is 2.18. The van der Waals surface area contributed by atoms with Gasteiger partial charge in [0.1, 0.15) is 6.04 Å². The largest absolute Gasteiger partial charge is 0.392 e. The molecule has 0 amide bonds. The molecule has 1 heterocycles. The molecule has 2 atom stereocenters. The van der Waals surface area contributed by atoms with Gasteiger partial charge in [-0.25, -0.2) is 4.79 Å². The molecule has 1 N–H and O–H groups in total. The lowest BCUT2D eigenvalue weighted by atomic mass is 10.1. The molecule has 0 aromatic heterocycles. The van der Waals surface area contributed by atoms with Crippen molar-refractivity contribution in [1.29, 1.82) is 0 Å². The number of ketones is 1. The van der Waals surface area contributed by atoms with Gasteiger partial charge < -0.3 is 10.1 Å². The number of alkyl halides is 1. The summed E-state index contributed by atoms with van der Waals surface area (Å²) in [5.41, 5.74) is 0.317. The number of hydrogen-bond acceptors (Lipinski definition) is 5. The minimum atomic E-state index is -0.809. The van der Waals surface area contributed by atoms with Crippen LogP contribution in [0.15, 0.2) is 18.2 Å². The molecule has 5 nitrogen and oxygen atoms in total. The Bertz CT molecular complexity index is 632. The SMILES string of the molecule is O=C(CC(Br)C(=O)c1ccc(Cl)c(Cl)c1)OC(=O)[C@@H]1CCCN1.